The van der Waals surface area contributed by atoms with Crippen molar-refractivity contribution in [3.8, 4) is 0 Å². The predicted molar refractivity (Wildman–Crippen MR) is 254 cm³/mol. The molecule has 8 atom stereocenters. The number of aliphatic hydroxyl groups is 2. The molecule has 2 aliphatic rings. The number of benzene rings is 4. The highest BCUT2D eigenvalue weighted by atomic mass is 35.5. The SMILES string of the molecule is CC(C)(C)S[C@@H]1CCCC[C@H]1N[C@H](c1ccc(Cl)cc1)[C@H](O)c1cccc(Cl)c1.CC(C)(C)S[C@H]1CCCC[C@@H]1N[C@H](c1ccc(Cl)cc1)[C@H](O)c1cccc(Cl)c1. The Morgan fingerprint density at radius 3 is 1.16 bits per heavy atom. The minimum atomic E-state index is -0.697. The fourth-order valence-electron chi connectivity index (χ4n) is 8.07. The van der Waals surface area contributed by atoms with Crippen LogP contribution in [-0.4, -0.2) is 42.3 Å². The zero-order valence-electron chi connectivity index (χ0n) is 34.7. The van der Waals surface area contributed by atoms with Crippen LogP contribution in [-0.2, 0) is 0 Å². The van der Waals surface area contributed by atoms with E-state index in [2.05, 4.69) is 52.2 Å². The lowest BCUT2D eigenvalue weighted by atomic mass is 9.90. The van der Waals surface area contributed by atoms with E-state index in [9.17, 15) is 10.2 Å². The van der Waals surface area contributed by atoms with Gasteiger partial charge in [0.15, 0.2) is 0 Å². The van der Waals surface area contributed by atoms with Gasteiger partial charge in [0.05, 0.1) is 24.3 Å². The highest BCUT2D eigenvalue weighted by molar-refractivity contribution is 8.01. The first-order valence-electron chi connectivity index (χ1n) is 20.7. The van der Waals surface area contributed by atoms with Gasteiger partial charge in [-0.25, -0.2) is 0 Å². The Morgan fingerprint density at radius 2 is 0.828 bits per heavy atom. The molecule has 2 saturated carbocycles. The van der Waals surface area contributed by atoms with Crippen molar-refractivity contribution < 1.29 is 10.2 Å². The largest absolute Gasteiger partial charge is 0.386 e. The summed E-state index contributed by atoms with van der Waals surface area (Å²) in [4.78, 5) is 0. The molecule has 0 heterocycles. The summed E-state index contributed by atoms with van der Waals surface area (Å²) in [5, 5.41) is 34.0. The van der Waals surface area contributed by atoms with Crippen LogP contribution in [0.5, 0.6) is 0 Å². The van der Waals surface area contributed by atoms with Crippen molar-refractivity contribution in [1.29, 1.82) is 0 Å². The number of halogens is 4. The zero-order chi connectivity index (χ0) is 42.0. The lowest BCUT2D eigenvalue weighted by Gasteiger charge is -2.39. The Kier molecular flexibility index (Phi) is 18.1. The maximum atomic E-state index is 11.3. The van der Waals surface area contributed by atoms with Crippen LogP contribution in [0.15, 0.2) is 97.1 Å². The Labute approximate surface area is 377 Å². The molecular weight excluding hydrogens is 842 g/mol. The van der Waals surface area contributed by atoms with Gasteiger partial charge < -0.3 is 20.8 Å². The Bertz CT molecular complexity index is 1720. The van der Waals surface area contributed by atoms with Gasteiger partial charge in [0.25, 0.3) is 0 Å². The van der Waals surface area contributed by atoms with Gasteiger partial charge in [-0.3, -0.25) is 0 Å². The third-order valence-corrected chi connectivity index (χ3v) is 14.8. The van der Waals surface area contributed by atoms with Gasteiger partial charge in [-0.1, -0.05) is 162 Å². The first kappa shape index (κ1) is 47.6. The summed E-state index contributed by atoms with van der Waals surface area (Å²) in [6.45, 7) is 13.7. The molecule has 2 fully saturated rings. The molecule has 0 unspecified atom stereocenters. The Balaban J connectivity index is 0.000000221. The van der Waals surface area contributed by atoms with Crippen molar-refractivity contribution in [1.82, 2.24) is 10.6 Å². The van der Waals surface area contributed by atoms with Crippen molar-refractivity contribution >= 4 is 69.9 Å². The van der Waals surface area contributed by atoms with Gasteiger partial charge in [0.1, 0.15) is 0 Å². The summed E-state index contributed by atoms with van der Waals surface area (Å²) in [6.07, 6.45) is 8.26. The maximum Gasteiger partial charge on any atom is 0.0985 e. The lowest BCUT2D eigenvalue weighted by Crippen LogP contribution is -2.45. The van der Waals surface area contributed by atoms with Crippen LogP contribution in [0.25, 0.3) is 0 Å². The molecule has 0 amide bonds. The Morgan fingerprint density at radius 1 is 0.483 bits per heavy atom. The van der Waals surface area contributed by atoms with Crippen LogP contribution in [0.2, 0.25) is 20.1 Å². The molecule has 0 bridgehead atoms. The van der Waals surface area contributed by atoms with Gasteiger partial charge in [0.2, 0.25) is 0 Å². The third kappa shape index (κ3) is 14.9. The van der Waals surface area contributed by atoms with Gasteiger partial charge in [-0.15, -0.1) is 0 Å². The van der Waals surface area contributed by atoms with Crippen molar-refractivity contribution in [3.63, 3.8) is 0 Å². The average Bonchev–Trinajstić information content (AvgIpc) is 3.17. The normalized spacial score (nSPS) is 22.3. The number of nitrogens with one attached hydrogen (secondary N) is 2. The summed E-state index contributed by atoms with van der Waals surface area (Å²) in [5.41, 5.74) is 3.71. The number of aliphatic hydroxyl groups excluding tert-OH is 2. The van der Waals surface area contributed by atoms with E-state index in [-0.39, 0.29) is 21.6 Å². The van der Waals surface area contributed by atoms with E-state index in [1.807, 2.05) is 121 Å². The smallest absolute Gasteiger partial charge is 0.0985 e. The van der Waals surface area contributed by atoms with Crippen molar-refractivity contribution in [2.75, 3.05) is 0 Å². The molecule has 2 aliphatic carbocycles. The summed E-state index contributed by atoms with van der Waals surface area (Å²) in [6, 6.07) is 30.8. The Hall–Kier alpha value is -1.42. The minimum absolute atomic E-state index is 0.212. The van der Waals surface area contributed by atoms with E-state index in [1.54, 1.807) is 0 Å². The highest BCUT2D eigenvalue weighted by Crippen LogP contribution is 2.41. The van der Waals surface area contributed by atoms with Gasteiger partial charge in [-0.2, -0.15) is 23.5 Å². The van der Waals surface area contributed by atoms with Crippen molar-refractivity contribution in [2.24, 2.45) is 0 Å². The van der Waals surface area contributed by atoms with Crippen LogP contribution in [0.1, 0.15) is 139 Å². The summed E-state index contributed by atoms with van der Waals surface area (Å²) in [7, 11) is 0. The number of hydrogen-bond acceptors (Lipinski definition) is 6. The van der Waals surface area contributed by atoms with E-state index in [0.29, 0.717) is 42.7 Å². The van der Waals surface area contributed by atoms with E-state index in [0.717, 1.165) is 35.1 Å². The molecule has 0 saturated heterocycles. The number of rotatable bonds is 12. The van der Waals surface area contributed by atoms with Crippen LogP contribution in [0, 0.1) is 0 Å². The summed E-state index contributed by atoms with van der Waals surface area (Å²) < 4.78 is 0.423. The second-order valence-electron chi connectivity index (χ2n) is 17.7. The molecule has 316 valence electrons. The summed E-state index contributed by atoms with van der Waals surface area (Å²) >= 11 is 28.7. The molecule has 4 aromatic carbocycles. The molecular formula is C48H62Cl4N2O2S2. The molecule has 4 nitrogen and oxygen atoms in total. The van der Waals surface area contributed by atoms with Gasteiger partial charge in [0, 0.05) is 52.2 Å². The molecule has 4 N–H and O–H groups in total. The standard InChI is InChI=1S/2C24H31Cl2NOS/c2*1-24(2,3)29-21-10-5-4-9-20(21)27-22(16-11-13-18(25)14-12-16)23(28)17-7-6-8-19(26)15-17/h2*6-8,11-15,20-23,27-28H,4-5,9-10H2,1-3H3/t20-,21-,22+,23+;20-,21-,22-,23-/m01/s1. The molecule has 0 spiro atoms. The van der Waals surface area contributed by atoms with E-state index in [4.69, 9.17) is 46.4 Å². The van der Waals surface area contributed by atoms with Crippen LogP contribution in [0.3, 0.4) is 0 Å². The van der Waals surface area contributed by atoms with Crippen molar-refractivity contribution in [2.45, 2.75) is 149 Å². The monoisotopic (exact) mass is 902 g/mol. The fourth-order valence-corrected chi connectivity index (χ4v) is 11.9. The molecule has 0 radical (unpaired) electrons. The third-order valence-electron chi connectivity index (χ3n) is 10.7. The number of hydrogen-bond donors (Lipinski definition) is 4. The molecule has 6 rings (SSSR count). The van der Waals surface area contributed by atoms with E-state index >= 15 is 0 Å². The lowest BCUT2D eigenvalue weighted by molar-refractivity contribution is 0.117. The van der Waals surface area contributed by atoms with Crippen molar-refractivity contribution in [3.05, 3.63) is 139 Å². The number of thioether (sulfide) groups is 2. The average molecular weight is 905 g/mol. The van der Waals surface area contributed by atoms with Crippen LogP contribution < -0.4 is 10.6 Å². The topological polar surface area (TPSA) is 64.5 Å². The van der Waals surface area contributed by atoms with Crippen LogP contribution in [0.4, 0.5) is 0 Å². The maximum absolute atomic E-state index is 11.3. The second kappa shape index (κ2) is 22.1. The molecule has 0 aliphatic heterocycles. The molecule has 10 heteroatoms. The van der Waals surface area contributed by atoms with Gasteiger partial charge in [-0.05, 0) is 96.5 Å². The van der Waals surface area contributed by atoms with E-state index in [1.165, 1.54) is 38.5 Å². The molecule has 0 aromatic heterocycles. The highest BCUT2D eigenvalue weighted by Gasteiger charge is 2.35. The molecule has 4 aromatic rings. The fraction of sp³-hybridized carbons (Fsp3) is 0.500. The zero-order valence-corrected chi connectivity index (χ0v) is 39.4. The minimum Gasteiger partial charge on any atom is -0.386 e. The predicted octanol–water partition coefficient (Wildman–Crippen LogP) is 14.4. The first-order chi connectivity index (χ1) is 27.5. The molecule has 58 heavy (non-hydrogen) atoms. The summed E-state index contributed by atoms with van der Waals surface area (Å²) in [5.74, 6) is 0. The van der Waals surface area contributed by atoms with Crippen LogP contribution >= 0.6 is 69.9 Å². The quantitative estimate of drug-likeness (QED) is 0.114. The van der Waals surface area contributed by atoms with Gasteiger partial charge >= 0.3 is 0 Å². The second-order valence-corrected chi connectivity index (χ2v) is 23.6. The first-order valence-corrected chi connectivity index (χ1v) is 24.0. The van der Waals surface area contributed by atoms with E-state index < -0.39 is 12.2 Å².